The second-order valence-electron chi connectivity index (χ2n) is 6.06. The molecule has 0 N–H and O–H groups in total. The van der Waals surface area contributed by atoms with Crippen LogP contribution in [0.1, 0.15) is 37.4 Å². The van der Waals surface area contributed by atoms with Gasteiger partial charge in [-0.15, -0.1) is 0 Å². The van der Waals surface area contributed by atoms with E-state index < -0.39 is 11.8 Å². The second-order valence-corrected chi connectivity index (χ2v) is 6.06. The second kappa shape index (κ2) is 5.91. The quantitative estimate of drug-likeness (QED) is 0.849. The number of hydrogen-bond donors (Lipinski definition) is 0. The van der Waals surface area contributed by atoms with Gasteiger partial charge >= 0.3 is 0 Å². The lowest BCUT2D eigenvalue weighted by atomic mass is 9.85. The third kappa shape index (κ3) is 3.43. The molecule has 6 nitrogen and oxygen atoms in total. The molecule has 1 unspecified atom stereocenters. The highest BCUT2D eigenvalue weighted by atomic mass is 19.3. The van der Waals surface area contributed by atoms with E-state index in [0.717, 1.165) is 0 Å². The summed E-state index contributed by atoms with van der Waals surface area (Å²) in [7, 11) is 0. The fraction of sp³-hybridized carbons (Fsp3) is 0.786. The molecule has 1 aromatic rings. The smallest absolute Gasteiger partial charge is 0.252 e. The van der Waals surface area contributed by atoms with Crippen LogP contribution in [0.15, 0.2) is 4.52 Å². The minimum Gasteiger partial charge on any atom is -0.365 e. The van der Waals surface area contributed by atoms with E-state index in [0.29, 0.717) is 37.6 Å². The van der Waals surface area contributed by atoms with E-state index in [2.05, 4.69) is 10.1 Å². The summed E-state index contributed by atoms with van der Waals surface area (Å²) in [5.41, 5.74) is 0. The van der Waals surface area contributed by atoms with Crippen LogP contribution in [0.25, 0.3) is 0 Å². The van der Waals surface area contributed by atoms with Crippen LogP contribution < -0.4 is 0 Å². The van der Waals surface area contributed by atoms with Gasteiger partial charge in [-0.25, -0.2) is 8.78 Å². The first-order valence-electron chi connectivity index (χ1n) is 7.50. The van der Waals surface area contributed by atoms with Gasteiger partial charge < -0.3 is 14.2 Å². The van der Waals surface area contributed by atoms with E-state index in [1.165, 1.54) is 0 Å². The highest BCUT2D eigenvalue weighted by molar-refractivity contribution is 5.80. The summed E-state index contributed by atoms with van der Waals surface area (Å²) >= 11 is 0. The van der Waals surface area contributed by atoms with Crippen molar-refractivity contribution in [2.75, 3.05) is 13.1 Å². The van der Waals surface area contributed by atoms with Crippen LogP contribution >= 0.6 is 0 Å². The van der Waals surface area contributed by atoms with Gasteiger partial charge in [-0.1, -0.05) is 5.16 Å². The number of alkyl halides is 2. The van der Waals surface area contributed by atoms with Gasteiger partial charge in [0.15, 0.2) is 5.82 Å². The van der Waals surface area contributed by atoms with E-state index in [-0.39, 0.29) is 31.5 Å². The van der Waals surface area contributed by atoms with Crippen molar-refractivity contribution in [2.45, 2.75) is 51.2 Å². The number of aromatic nitrogens is 2. The average molecular weight is 315 g/mol. The number of halogens is 2. The zero-order valence-electron chi connectivity index (χ0n) is 12.4. The first-order chi connectivity index (χ1) is 10.4. The Balaban J connectivity index is 1.42. The van der Waals surface area contributed by atoms with E-state index in [1.54, 1.807) is 11.8 Å². The highest BCUT2D eigenvalue weighted by Gasteiger charge is 2.43. The van der Waals surface area contributed by atoms with Gasteiger partial charge in [0, 0.05) is 31.8 Å². The Bertz CT molecular complexity index is 543. The van der Waals surface area contributed by atoms with Crippen molar-refractivity contribution in [1.29, 1.82) is 0 Å². The normalized spacial score (nSPS) is 25.0. The highest BCUT2D eigenvalue weighted by Crippen LogP contribution is 2.38. The molecule has 2 fully saturated rings. The Hall–Kier alpha value is -1.57. The molecule has 0 radical (unpaired) electrons. The topological polar surface area (TPSA) is 68.5 Å². The van der Waals surface area contributed by atoms with Crippen LogP contribution in [-0.4, -0.2) is 46.1 Å². The molecule has 0 aromatic carbocycles. The maximum Gasteiger partial charge on any atom is 0.252 e. The summed E-state index contributed by atoms with van der Waals surface area (Å²) in [6, 6.07) is 0. The van der Waals surface area contributed by atoms with Gasteiger partial charge in [-0.05, 0) is 19.8 Å². The molecule has 22 heavy (non-hydrogen) atoms. The Morgan fingerprint density at radius 3 is 2.91 bits per heavy atom. The van der Waals surface area contributed by atoms with Crippen LogP contribution in [0.5, 0.6) is 0 Å². The molecule has 1 saturated carbocycles. The molecule has 1 aliphatic heterocycles. The number of rotatable bonds is 4. The first-order valence-corrected chi connectivity index (χ1v) is 7.50. The van der Waals surface area contributed by atoms with E-state index in [1.807, 2.05) is 0 Å². The maximum atomic E-state index is 13.4. The summed E-state index contributed by atoms with van der Waals surface area (Å²) in [6.45, 7) is 2.80. The molecule has 1 aliphatic carbocycles. The summed E-state index contributed by atoms with van der Waals surface area (Å²) in [5.74, 6) is -2.48. The van der Waals surface area contributed by atoms with E-state index in [9.17, 15) is 13.6 Å². The number of carbonyl (C=O) groups is 1. The summed E-state index contributed by atoms with van der Waals surface area (Å²) < 4.78 is 37.2. The molecule has 0 bridgehead atoms. The van der Waals surface area contributed by atoms with Gasteiger partial charge in [0.1, 0.15) is 6.61 Å². The lowest BCUT2D eigenvalue weighted by molar-refractivity contribution is -0.157. The standard InChI is InChI=1S/C14H19F2N3O3/c1-9-17-12(22-18-9)8-21-11-6-19(7-11)13(20)10-3-2-4-14(15,16)5-10/h10-11H,2-8H2,1H3. The lowest BCUT2D eigenvalue weighted by Crippen LogP contribution is -2.57. The third-order valence-corrected chi connectivity index (χ3v) is 4.16. The fourth-order valence-corrected chi connectivity index (χ4v) is 2.95. The molecular formula is C14H19F2N3O3. The van der Waals surface area contributed by atoms with Crippen LogP contribution in [0, 0.1) is 12.8 Å². The predicted molar refractivity (Wildman–Crippen MR) is 71.1 cm³/mol. The number of nitrogens with zero attached hydrogens (tertiary/aromatic N) is 3. The number of ether oxygens (including phenoxy) is 1. The zero-order valence-corrected chi connectivity index (χ0v) is 12.4. The molecule has 122 valence electrons. The van der Waals surface area contributed by atoms with Crippen LogP contribution in [0.2, 0.25) is 0 Å². The Labute approximate surface area is 126 Å². The summed E-state index contributed by atoms with van der Waals surface area (Å²) in [6.07, 6.45) is 0.437. The minimum atomic E-state index is -2.70. The SMILES string of the molecule is Cc1noc(COC2CN(C(=O)C3CCCC(F)(F)C3)C2)n1. The molecule has 1 saturated heterocycles. The maximum absolute atomic E-state index is 13.4. The molecule has 2 heterocycles. The monoisotopic (exact) mass is 315 g/mol. The van der Waals surface area contributed by atoms with Crippen molar-refractivity contribution in [3.63, 3.8) is 0 Å². The van der Waals surface area contributed by atoms with Gasteiger partial charge in [0.05, 0.1) is 6.10 Å². The molecule has 1 aromatic heterocycles. The lowest BCUT2D eigenvalue weighted by Gasteiger charge is -2.41. The van der Waals surface area contributed by atoms with Crippen molar-refractivity contribution in [3.8, 4) is 0 Å². The average Bonchev–Trinajstić information content (AvgIpc) is 2.81. The summed E-state index contributed by atoms with van der Waals surface area (Å²) in [4.78, 5) is 17.8. The van der Waals surface area contributed by atoms with Crippen LogP contribution in [0.4, 0.5) is 8.78 Å². The van der Waals surface area contributed by atoms with E-state index in [4.69, 9.17) is 9.26 Å². The molecule has 8 heteroatoms. The molecule has 2 aliphatic rings. The Kier molecular flexibility index (Phi) is 4.12. The number of hydrogen-bond acceptors (Lipinski definition) is 5. The number of aryl methyl sites for hydroxylation is 1. The van der Waals surface area contributed by atoms with Crippen molar-refractivity contribution < 1.29 is 22.8 Å². The number of amides is 1. The Morgan fingerprint density at radius 1 is 1.50 bits per heavy atom. The van der Waals surface area contributed by atoms with Crippen molar-refractivity contribution in [3.05, 3.63) is 11.7 Å². The zero-order chi connectivity index (χ0) is 15.7. The molecular weight excluding hydrogens is 296 g/mol. The van der Waals surface area contributed by atoms with Crippen LogP contribution in [-0.2, 0) is 16.1 Å². The van der Waals surface area contributed by atoms with Gasteiger partial charge in [0.25, 0.3) is 5.89 Å². The Morgan fingerprint density at radius 2 is 2.27 bits per heavy atom. The fourth-order valence-electron chi connectivity index (χ4n) is 2.95. The number of carbonyl (C=O) groups excluding carboxylic acids is 1. The van der Waals surface area contributed by atoms with Crippen molar-refractivity contribution >= 4 is 5.91 Å². The molecule has 1 atom stereocenters. The third-order valence-electron chi connectivity index (χ3n) is 4.16. The van der Waals surface area contributed by atoms with Gasteiger partial charge in [-0.3, -0.25) is 4.79 Å². The first kappa shape index (κ1) is 15.3. The van der Waals surface area contributed by atoms with Crippen LogP contribution in [0.3, 0.4) is 0 Å². The molecule has 0 spiro atoms. The van der Waals surface area contributed by atoms with Crippen molar-refractivity contribution in [2.24, 2.45) is 5.92 Å². The largest absolute Gasteiger partial charge is 0.365 e. The predicted octanol–water partition coefficient (Wildman–Crippen LogP) is 1.93. The van der Waals surface area contributed by atoms with Gasteiger partial charge in [0.2, 0.25) is 11.8 Å². The van der Waals surface area contributed by atoms with Crippen molar-refractivity contribution in [1.82, 2.24) is 15.0 Å². The van der Waals surface area contributed by atoms with E-state index >= 15 is 0 Å². The molecule has 3 rings (SSSR count). The minimum absolute atomic E-state index is 0.0970. The number of likely N-dealkylation sites (tertiary alicyclic amines) is 1. The molecule has 1 amide bonds. The van der Waals surface area contributed by atoms with Gasteiger partial charge in [-0.2, -0.15) is 4.98 Å². The summed E-state index contributed by atoms with van der Waals surface area (Å²) in [5, 5.41) is 3.65.